The average molecular weight is 202 g/mol. The molecule has 0 aliphatic carbocycles. The van der Waals surface area contributed by atoms with Gasteiger partial charge in [0.1, 0.15) is 6.26 Å². The molecule has 3 nitrogen and oxygen atoms in total. The van der Waals surface area contributed by atoms with E-state index in [1.54, 1.807) is 6.26 Å². The number of para-hydroxylation sites is 1. The maximum Gasteiger partial charge on any atom is 0.194 e. The average Bonchev–Trinajstić information content (AvgIpc) is 2.63. The summed E-state index contributed by atoms with van der Waals surface area (Å²) in [4.78, 5) is 4.25. The second kappa shape index (κ2) is 4.17. The largest absolute Gasteiger partial charge is 0.449 e. The number of nitrogen functional groups attached to an aromatic ring is 1. The summed E-state index contributed by atoms with van der Waals surface area (Å²) in [5.74, 6) is 0.774. The molecule has 0 amide bonds. The Morgan fingerprint density at radius 3 is 2.73 bits per heavy atom. The summed E-state index contributed by atoms with van der Waals surface area (Å²) in [6.45, 7) is 1.92. The van der Waals surface area contributed by atoms with E-state index in [9.17, 15) is 0 Å². The third-order valence-corrected chi connectivity index (χ3v) is 2.33. The van der Waals surface area contributed by atoms with E-state index in [0.29, 0.717) is 0 Å². The first kappa shape index (κ1) is 9.77. The number of nitrogens with two attached hydrogens (primary N) is 1. The molecule has 0 saturated heterocycles. The Kier molecular flexibility index (Phi) is 2.72. The van der Waals surface area contributed by atoms with Crippen LogP contribution in [-0.4, -0.2) is 4.98 Å². The van der Waals surface area contributed by atoms with Crippen LogP contribution in [0.25, 0.3) is 0 Å². The van der Waals surface area contributed by atoms with E-state index in [2.05, 4.69) is 4.98 Å². The van der Waals surface area contributed by atoms with Gasteiger partial charge in [0.25, 0.3) is 0 Å². The van der Waals surface area contributed by atoms with Gasteiger partial charge in [0.05, 0.1) is 5.69 Å². The Morgan fingerprint density at radius 2 is 2.07 bits per heavy atom. The second-order valence-electron chi connectivity index (χ2n) is 3.58. The Labute approximate surface area is 88.9 Å². The Hall–Kier alpha value is -1.77. The van der Waals surface area contributed by atoms with Crippen molar-refractivity contribution in [3.05, 3.63) is 47.7 Å². The standard InChI is InChI=1S/C12H14N2O/c1-9-8-15-12(14-9)7-6-10-4-2-3-5-11(10)13/h2-5,8H,6-7,13H2,1H3. The minimum Gasteiger partial charge on any atom is -0.449 e. The van der Waals surface area contributed by atoms with E-state index >= 15 is 0 Å². The van der Waals surface area contributed by atoms with Gasteiger partial charge in [-0.1, -0.05) is 18.2 Å². The van der Waals surface area contributed by atoms with Gasteiger partial charge >= 0.3 is 0 Å². The Bertz CT molecular complexity index is 448. The number of hydrogen-bond acceptors (Lipinski definition) is 3. The number of nitrogens with zero attached hydrogens (tertiary/aromatic N) is 1. The molecular formula is C12H14N2O. The predicted octanol–water partition coefficient (Wildman–Crippen LogP) is 2.35. The summed E-state index contributed by atoms with van der Waals surface area (Å²) >= 11 is 0. The van der Waals surface area contributed by atoms with Crippen LogP contribution in [0.15, 0.2) is 34.9 Å². The molecule has 0 saturated carbocycles. The van der Waals surface area contributed by atoms with Crippen molar-refractivity contribution in [2.24, 2.45) is 0 Å². The highest BCUT2D eigenvalue weighted by atomic mass is 16.3. The van der Waals surface area contributed by atoms with Crippen molar-refractivity contribution in [2.45, 2.75) is 19.8 Å². The van der Waals surface area contributed by atoms with Gasteiger partial charge in [-0.25, -0.2) is 4.98 Å². The zero-order chi connectivity index (χ0) is 10.7. The van der Waals surface area contributed by atoms with Crippen LogP contribution in [0.5, 0.6) is 0 Å². The lowest BCUT2D eigenvalue weighted by Gasteiger charge is -2.02. The van der Waals surface area contributed by atoms with E-state index < -0.39 is 0 Å². The normalized spacial score (nSPS) is 10.5. The van der Waals surface area contributed by atoms with Crippen molar-refractivity contribution in [2.75, 3.05) is 5.73 Å². The van der Waals surface area contributed by atoms with Crippen molar-refractivity contribution in [3.63, 3.8) is 0 Å². The van der Waals surface area contributed by atoms with Gasteiger partial charge < -0.3 is 10.2 Å². The number of aryl methyl sites for hydroxylation is 3. The predicted molar refractivity (Wildman–Crippen MR) is 59.5 cm³/mol. The van der Waals surface area contributed by atoms with Gasteiger partial charge in [0.15, 0.2) is 5.89 Å². The van der Waals surface area contributed by atoms with Gasteiger partial charge in [-0.05, 0) is 25.0 Å². The zero-order valence-corrected chi connectivity index (χ0v) is 8.73. The van der Waals surface area contributed by atoms with Crippen LogP contribution in [0.4, 0.5) is 5.69 Å². The number of anilines is 1. The van der Waals surface area contributed by atoms with Gasteiger partial charge in [0, 0.05) is 12.1 Å². The molecule has 1 aromatic carbocycles. The maximum atomic E-state index is 5.84. The molecule has 2 N–H and O–H groups in total. The highest BCUT2D eigenvalue weighted by molar-refractivity contribution is 5.46. The van der Waals surface area contributed by atoms with Crippen molar-refractivity contribution in [3.8, 4) is 0 Å². The molecule has 0 aliphatic heterocycles. The van der Waals surface area contributed by atoms with Crippen LogP contribution < -0.4 is 5.73 Å². The van der Waals surface area contributed by atoms with Gasteiger partial charge in [-0.15, -0.1) is 0 Å². The lowest BCUT2D eigenvalue weighted by Crippen LogP contribution is -1.96. The highest BCUT2D eigenvalue weighted by Crippen LogP contribution is 2.13. The van der Waals surface area contributed by atoms with E-state index in [-0.39, 0.29) is 0 Å². The van der Waals surface area contributed by atoms with Crippen molar-refractivity contribution in [1.82, 2.24) is 4.98 Å². The van der Waals surface area contributed by atoms with E-state index in [1.165, 1.54) is 0 Å². The van der Waals surface area contributed by atoms with E-state index in [1.807, 2.05) is 31.2 Å². The Morgan fingerprint density at radius 1 is 1.27 bits per heavy atom. The first-order valence-electron chi connectivity index (χ1n) is 5.00. The Balaban J connectivity index is 2.02. The van der Waals surface area contributed by atoms with Crippen LogP contribution in [0, 0.1) is 6.92 Å². The van der Waals surface area contributed by atoms with Crippen LogP contribution in [0.2, 0.25) is 0 Å². The summed E-state index contributed by atoms with van der Waals surface area (Å²) in [5.41, 5.74) is 8.74. The number of benzene rings is 1. The summed E-state index contributed by atoms with van der Waals surface area (Å²) in [7, 11) is 0. The molecule has 1 heterocycles. The maximum absolute atomic E-state index is 5.84. The molecule has 0 atom stereocenters. The molecule has 0 aliphatic rings. The van der Waals surface area contributed by atoms with Crippen LogP contribution in [0.1, 0.15) is 17.1 Å². The van der Waals surface area contributed by atoms with Gasteiger partial charge in [-0.2, -0.15) is 0 Å². The minimum atomic E-state index is 0.774. The molecule has 3 heteroatoms. The molecule has 0 radical (unpaired) electrons. The third kappa shape index (κ3) is 2.37. The fourth-order valence-corrected chi connectivity index (χ4v) is 1.52. The monoisotopic (exact) mass is 202 g/mol. The molecule has 2 aromatic rings. The van der Waals surface area contributed by atoms with Crippen molar-refractivity contribution < 1.29 is 4.42 Å². The quantitative estimate of drug-likeness (QED) is 0.777. The van der Waals surface area contributed by atoms with Crippen LogP contribution in [-0.2, 0) is 12.8 Å². The molecule has 0 spiro atoms. The van der Waals surface area contributed by atoms with Gasteiger partial charge in [-0.3, -0.25) is 0 Å². The highest BCUT2D eigenvalue weighted by Gasteiger charge is 2.03. The van der Waals surface area contributed by atoms with Gasteiger partial charge in [0.2, 0.25) is 0 Å². The lowest BCUT2D eigenvalue weighted by molar-refractivity contribution is 0.493. The fraction of sp³-hybridized carbons (Fsp3) is 0.250. The molecule has 0 bridgehead atoms. The number of oxazole rings is 1. The summed E-state index contributed by atoms with van der Waals surface area (Å²) in [6.07, 6.45) is 3.33. The first-order valence-corrected chi connectivity index (χ1v) is 5.00. The number of aromatic nitrogens is 1. The fourth-order valence-electron chi connectivity index (χ4n) is 1.52. The topological polar surface area (TPSA) is 52.0 Å². The van der Waals surface area contributed by atoms with Crippen molar-refractivity contribution >= 4 is 5.69 Å². The summed E-state index contributed by atoms with van der Waals surface area (Å²) in [5, 5.41) is 0. The molecule has 2 rings (SSSR count). The summed E-state index contributed by atoms with van der Waals surface area (Å²) < 4.78 is 5.27. The zero-order valence-electron chi connectivity index (χ0n) is 8.73. The number of rotatable bonds is 3. The second-order valence-corrected chi connectivity index (χ2v) is 3.58. The summed E-state index contributed by atoms with van der Waals surface area (Å²) in [6, 6.07) is 7.88. The van der Waals surface area contributed by atoms with E-state index in [4.69, 9.17) is 10.2 Å². The SMILES string of the molecule is Cc1coc(CCc2ccccc2N)n1. The molecule has 0 fully saturated rings. The molecule has 1 aromatic heterocycles. The number of hydrogen-bond donors (Lipinski definition) is 1. The van der Waals surface area contributed by atoms with Crippen LogP contribution in [0.3, 0.4) is 0 Å². The van der Waals surface area contributed by atoms with E-state index in [0.717, 1.165) is 35.7 Å². The molecule has 15 heavy (non-hydrogen) atoms. The smallest absolute Gasteiger partial charge is 0.194 e. The van der Waals surface area contributed by atoms with Crippen molar-refractivity contribution in [1.29, 1.82) is 0 Å². The minimum absolute atomic E-state index is 0.774. The first-order chi connectivity index (χ1) is 7.25. The third-order valence-electron chi connectivity index (χ3n) is 2.33. The van der Waals surface area contributed by atoms with Crippen LogP contribution >= 0.6 is 0 Å². The molecule has 78 valence electrons. The lowest BCUT2D eigenvalue weighted by atomic mass is 10.1. The molecule has 0 unspecified atom stereocenters. The molecular weight excluding hydrogens is 188 g/mol.